The third-order valence-corrected chi connectivity index (χ3v) is 9.51. The molecule has 0 bridgehead atoms. The van der Waals surface area contributed by atoms with E-state index < -0.39 is 0 Å². The van der Waals surface area contributed by atoms with E-state index in [2.05, 4.69) is 25.6 Å². The molecule has 0 amide bonds. The Morgan fingerprint density at radius 3 is 1.87 bits per heavy atom. The van der Waals surface area contributed by atoms with Crippen molar-refractivity contribution in [2.24, 2.45) is 5.92 Å². The van der Waals surface area contributed by atoms with Crippen molar-refractivity contribution in [3.8, 4) is 0 Å². The average Bonchev–Trinajstić information content (AvgIpc) is 3.29. The molecule has 1 saturated heterocycles. The Balaban J connectivity index is 1.32. The summed E-state index contributed by atoms with van der Waals surface area (Å²) in [7, 11) is 0. The molecule has 0 aromatic heterocycles. The molecule has 2 aliphatic rings. The molecule has 1 unspecified atom stereocenters. The number of hydrogen-bond donors (Lipinski definition) is 0. The second-order valence-electron chi connectivity index (χ2n) is 11.2. The fraction of sp³-hybridized carbons (Fsp3) is 1.00. The van der Waals surface area contributed by atoms with E-state index in [1.54, 1.807) is 0 Å². The van der Waals surface area contributed by atoms with Gasteiger partial charge in [0.2, 0.25) is 0 Å². The lowest BCUT2D eigenvalue weighted by atomic mass is 9.83. The Labute approximate surface area is 200 Å². The minimum absolute atomic E-state index is 0.608. The lowest BCUT2D eigenvalue weighted by Crippen LogP contribution is -2.28. The van der Waals surface area contributed by atoms with Crippen LogP contribution in [0.5, 0.6) is 0 Å². The fourth-order valence-corrected chi connectivity index (χ4v) is 7.24. The minimum atomic E-state index is 0.608. The summed E-state index contributed by atoms with van der Waals surface area (Å²) in [6.45, 7) is 5.81. The van der Waals surface area contributed by atoms with Crippen LogP contribution >= 0.6 is 11.8 Å². The van der Waals surface area contributed by atoms with Crippen molar-refractivity contribution >= 4 is 11.8 Å². The monoisotopic (exact) mass is 452 g/mol. The highest BCUT2D eigenvalue weighted by Gasteiger charge is 2.31. The summed E-state index contributed by atoms with van der Waals surface area (Å²) in [5, 5.41) is 0. The van der Waals surface area contributed by atoms with Gasteiger partial charge in [0, 0.05) is 11.4 Å². The molecule has 1 aliphatic heterocycles. The molecule has 0 aromatic rings. The molecule has 2 rings (SSSR count). The van der Waals surface area contributed by atoms with Crippen molar-refractivity contribution in [1.82, 2.24) is 0 Å². The first-order chi connectivity index (χ1) is 15.2. The van der Waals surface area contributed by atoms with Crippen molar-refractivity contribution in [2.45, 2.75) is 166 Å². The highest BCUT2D eigenvalue weighted by atomic mass is 32.2. The summed E-state index contributed by atoms with van der Waals surface area (Å²) >= 11 is 2.37. The van der Waals surface area contributed by atoms with E-state index in [1.807, 2.05) is 0 Å². The fourth-order valence-electron chi connectivity index (χ4n) is 5.62. The molecule has 1 atom stereocenters. The zero-order valence-electron chi connectivity index (χ0n) is 21.4. The van der Waals surface area contributed by atoms with Gasteiger partial charge in [0.15, 0.2) is 0 Å². The highest BCUT2D eigenvalue weighted by molar-refractivity contribution is 8.00. The van der Waals surface area contributed by atoms with Crippen LogP contribution in [0, 0.1) is 5.92 Å². The molecule has 2 heteroatoms. The minimum Gasteiger partial charge on any atom is -0.378 e. The molecule has 1 nitrogen and oxygen atoms in total. The summed E-state index contributed by atoms with van der Waals surface area (Å²) in [6, 6.07) is 0. The normalized spacial score (nSPS) is 21.2. The SMILES string of the molecule is CC(C)CCC1(SCCCCCCCCCCCCCCC2CCCO2)CCCCC1. The van der Waals surface area contributed by atoms with Gasteiger partial charge in [-0.15, -0.1) is 0 Å². The number of rotatable bonds is 19. The van der Waals surface area contributed by atoms with E-state index >= 15 is 0 Å². The molecule has 31 heavy (non-hydrogen) atoms. The maximum Gasteiger partial charge on any atom is 0.0576 e. The van der Waals surface area contributed by atoms with Crippen molar-refractivity contribution < 1.29 is 4.74 Å². The lowest BCUT2D eigenvalue weighted by molar-refractivity contribution is 0.102. The van der Waals surface area contributed by atoms with Crippen LogP contribution in [0.1, 0.15) is 155 Å². The van der Waals surface area contributed by atoms with Gasteiger partial charge < -0.3 is 4.74 Å². The van der Waals surface area contributed by atoms with Gasteiger partial charge in [-0.1, -0.05) is 104 Å². The zero-order valence-corrected chi connectivity index (χ0v) is 22.3. The third kappa shape index (κ3) is 13.6. The first-order valence-corrected chi connectivity index (χ1v) is 15.4. The summed E-state index contributed by atoms with van der Waals surface area (Å²) in [4.78, 5) is 0. The Hall–Kier alpha value is 0.310. The molecular weight excluding hydrogens is 396 g/mol. The second-order valence-corrected chi connectivity index (χ2v) is 12.8. The molecule has 1 aliphatic carbocycles. The first-order valence-electron chi connectivity index (χ1n) is 14.5. The molecule has 2 fully saturated rings. The van der Waals surface area contributed by atoms with Crippen molar-refractivity contribution in [1.29, 1.82) is 0 Å². The molecule has 0 spiro atoms. The lowest BCUT2D eigenvalue weighted by Gasteiger charge is -2.37. The van der Waals surface area contributed by atoms with E-state index in [0.29, 0.717) is 10.9 Å². The van der Waals surface area contributed by atoms with Crippen molar-refractivity contribution in [3.63, 3.8) is 0 Å². The molecule has 0 radical (unpaired) electrons. The van der Waals surface area contributed by atoms with Crippen molar-refractivity contribution in [2.75, 3.05) is 12.4 Å². The zero-order chi connectivity index (χ0) is 22.0. The smallest absolute Gasteiger partial charge is 0.0576 e. The van der Waals surface area contributed by atoms with Crippen LogP contribution in [0.4, 0.5) is 0 Å². The van der Waals surface area contributed by atoms with E-state index in [1.165, 1.54) is 147 Å². The summed E-state index contributed by atoms with van der Waals surface area (Å²) in [5.41, 5.74) is 0. The third-order valence-electron chi connectivity index (χ3n) is 7.79. The second kappa shape index (κ2) is 17.7. The predicted molar refractivity (Wildman–Crippen MR) is 141 cm³/mol. The van der Waals surface area contributed by atoms with Gasteiger partial charge in [0.25, 0.3) is 0 Å². The van der Waals surface area contributed by atoms with Gasteiger partial charge in [-0.25, -0.2) is 0 Å². The molecule has 0 aromatic carbocycles. The van der Waals surface area contributed by atoms with Gasteiger partial charge in [0.05, 0.1) is 6.10 Å². The van der Waals surface area contributed by atoms with Gasteiger partial charge in [-0.2, -0.15) is 11.8 Å². The van der Waals surface area contributed by atoms with Crippen LogP contribution in [0.25, 0.3) is 0 Å². The van der Waals surface area contributed by atoms with Crippen LogP contribution in [-0.2, 0) is 4.74 Å². The topological polar surface area (TPSA) is 9.23 Å². The Morgan fingerprint density at radius 2 is 1.32 bits per heavy atom. The quantitative estimate of drug-likeness (QED) is 0.180. The van der Waals surface area contributed by atoms with Crippen LogP contribution in [0.3, 0.4) is 0 Å². The first kappa shape index (κ1) is 27.6. The highest BCUT2D eigenvalue weighted by Crippen LogP contribution is 2.44. The van der Waals surface area contributed by atoms with Crippen LogP contribution in [-0.4, -0.2) is 23.2 Å². The number of thioether (sulfide) groups is 1. The van der Waals surface area contributed by atoms with E-state index in [-0.39, 0.29) is 0 Å². The molecule has 1 heterocycles. The molecule has 0 N–H and O–H groups in total. The summed E-state index contributed by atoms with van der Waals surface area (Å²) < 4.78 is 6.37. The Morgan fingerprint density at radius 1 is 0.742 bits per heavy atom. The largest absolute Gasteiger partial charge is 0.378 e. The van der Waals surface area contributed by atoms with Gasteiger partial charge in [-0.3, -0.25) is 0 Å². The summed E-state index contributed by atoms with van der Waals surface area (Å²) in [5.74, 6) is 2.29. The standard InChI is InChI=1S/C29H56OS/c1-27(2)21-24-29(22-15-13-16-23-29)31-26-17-12-10-8-6-4-3-5-7-9-11-14-19-28-20-18-25-30-28/h27-28H,3-26H2,1-2H3. The summed E-state index contributed by atoms with van der Waals surface area (Å²) in [6.07, 6.45) is 32.4. The van der Waals surface area contributed by atoms with Crippen LogP contribution in [0.15, 0.2) is 0 Å². The van der Waals surface area contributed by atoms with E-state index in [9.17, 15) is 0 Å². The number of unbranched alkanes of at least 4 members (excludes halogenated alkanes) is 11. The average molecular weight is 453 g/mol. The molecule has 184 valence electrons. The Kier molecular flexibility index (Phi) is 15.8. The maximum absolute atomic E-state index is 5.71. The van der Waals surface area contributed by atoms with Crippen LogP contribution in [0.2, 0.25) is 0 Å². The maximum atomic E-state index is 5.71. The van der Waals surface area contributed by atoms with E-state index in [0.717, 1.165) is 12.5 Å². The Bertz CT molecular complexity index is 396. The number of hydrogen-bond acceptors (Lipinski definition) is 2. The number of ether oxygens (including phenoxy) is 1. The predicted octanol–water partition coefficient (Wildman–Crippen LogP) is 10.1. The van der Waals surface area contributed by atoms with Crippen LogP contribution < -0.4 is 0 Å². The van der Waals surface area contributed by atoms with Gasteiger partial charge in [0.1, 0.15) is 0 Å². The van der Waals surface area contributed by atoms with Gasteiger partial charge in [-0.05, 0) is 63.0 Å². The molecular formula is C29H56OS. The van der Waals surface area contributed by atoms with Crippen molar-refractivity contribution in [3.05, 3.63) is 0 Å². The van der Waals surface area contributed by atoms with E-state index in [4.69, 9.17) is 4.74 Å². The molecule has 1 saturated carbocycles. The van der Waals surface area contributed by atoms with Gasteiger partial charge >= 0.3 is 0 Å².